The van der Waals surface area contributed by atoms with Gasteiger partial charge in [-0.3, -0.25) is 9.88 Å². The van der Waals surface area contributed by atoms with Crippen LogP contribution in [-0.2, 0) is 0 Å². The molecule has 2 N–H and O–H groups in total. The molecule has 19 heavy (non-hydrogen) atoms. The van der Waals surface area contributed by atoms with Crippen molar-refractivity contribution in [2.75, 3.05) is 36.8 Å². The highest BCUT2D eigenvalue weighted by Crippen LogP contribution is 2.23. The van der Waals surface area contributed by atoms with E-state index in [1.165, 1.54) is 19.3 Å². The van der Waals surface area contributed by atoms with Crippen LogP contribution in [0.15, 0.2) is 18.5 Å². The van der Waals surface area contributed by atoms with Gasteiger partial charge in [0.25, 0.3) is 0 Å². The second-order valence-corrected chi connectivity index (χ2v) is 5.31. The molecule has 0 aliphatic carbocycles. The summed E-state index contributed by atoms with van der Waals surface area (Å²) in [6.07, 6.45) is 7.47. The molecule has 2 rings (SSSR count). The number of anilines is 2. The number of nitrogens with zero attached hydrogens (tertiary/aromatic N) is 3. The van der Waals surface area contributed by atoms with Gasteiger partial charge in [-0.1, -0.05) is 20.3 Å². The average molecular weight is 262 g/mol. The Morgan fingerprint density at radius 1 is 1.26 bits per heavy atom. The number of aromatic nitrogens is 1. The van der Waals surface area contributed by atoms with Crippen LogP contribution >= 0.6 is 0 Å². The van der Waals surface area contributed by atoms with Crippen molar-refractivity contribution in [3.63, 3.8) is 0 Å². The minimum atomic E-state index is 0.749. The smallest absolute Gasteiger partial charge is 0.0787 e. The minimum absolute atomic E-state index is 0.749. The highest BCUT2D eigenvalue weighted by molar-refractivity contribution is 5.66. The fraction of sp³-hybridized carbons (Fsp3) is 0.667. The molecule has 2 heterocycles. The molecule has 0 saturated carbocycles. The quantitative estimate of drug-likeness (QED) is 0.885. The Labute approximate surface area is 116 Å². The van der Waals surface area contributed by atoms with Gasteiger partial charge in [0.1, 0.15) is 0 Å². The summed E-state index contributed by atoms with van der Waals surface area (Å²) in [5.41, 5.74) is 7.95. The third-order valence-electron chi connectivity index (χ3n) is 4.10. The van der Waals surface area contributed by atoms with Crippen LogP contribution in [0.1, 0.15) is 33.1 Å². The maximum Gasteiger partial charge on any atom is 0.0787 e. The van der Waals surface area contributed by atoms with Gasteiger partial charge >= 0.3 is 0 Å². The normalized spacial score (nSPS) is 18.5. The first-order valence-corrected chi connectivity index (χ1v) is 7.44. The molecular formula is C15H26N4. The van der Waals surface area contributed by atoms with E-state index in [0.717, 1.165) is 43.6 Å². The number of rotatable bonds is 5. The Balaban J connectivity index is 1.94. The molecule has 1 aromatic heterocycles. The van der Waals surface area contributed by atoms with Crippen LogP contribution in [0.25, 0.3) is 0 Å². The summed E-state index contributed by atoms with van der Waals surface area (Å²) < 4.78 is 0. The molecule has 1 atom stereocenters. The highest BCUT2D eigenvalue weighted by Gasteiger charge is 2.23. The zero-order valence-corrected chi connectivity index (χ0v) is 12.2. The van der Waals surface area contributed by atoms with Crippen molar-refractivity contribution < 1.29 is 0 Å². The predicted molar refractivity (Wildman–Crippen MR) is 81.4 cm³/mol. The van der Waals surface area contributed by atoms with Crippen molar-refractivity contribution in [3.8, 4) is 0 Å². The first-order chi connectivity index (χ1) is 9.26. The Hall–Kier alpha value is -1.29. The van der Waals surface area contributed by atoms with Crippen LogP contribution in [0.2, 0.25) is 0 Å². The van der Waals surface area contributed by atoms with E-state index in [9.17, 15) is 0 Å². The summed E-state index contributed by atoms with van der Waals surface area (Å²) in [4.78, 5) is 9.18. The van der Waals surface area contributed by atoms with Gasteiger partial charge in [-0.2, -0.15) is 0 Å². The van der Waals surface area contributed by atoms with Crippen LogP contribution in [0, 0.1) is 0 Å². The van der Waals surface area contributed by atoms with Crippen LogP contribution in [0.5, 0.6) is 0 Å². The third-order valence-corrected chi connectivity index (χ3v) is 4.10. The van der Waals surface area contributed by atoms with Gasteiger partial charge in [0.15, 0.2) is 0 Å². The Kier molecular flexibility index (Phi) is 5.02. The Morgan fingerprint density at radius 3 is 2.58 bits per heavy atom. The summed E-state index contributed by atoms with van der Waals surface area (Å²) in [7, 11) is 0. The molecule has 0 aromatic carbocycles. The molecule has 1 aliphatic rings. The highest BCUT2D eigenvalue weighted by atomic mass is 15.3. The second-order valence-electron chi connectivity index (χ2n) is 5.31. The number of hydrogen-bond donors (Lipinski definition) is 1. The summed E-state index contributed by atoms with van der Waals surface area (Å²) in [5, 5.41) is 0. The van der Waals surface area contributed by atoms with Crippen molar-refractivity contribution >= 4 is 11.4 Å². The fourth-order valence-electron chi connectivity index (χ4n) is 2.97. The lowest BCUT2D eigenvalue weighted by atomic mass is 10.1. The van der Waals surface area contributed by atoms with Crippen molar-refractivity contribution in [1.82, 2.24) is 9.88 Å². The lowest BCUT2D eigenvalue weighted by molar-refractivity contribution is 0.170. The number of nitrogens with two attached hydrogens (primary N) is 1. The summed E-state index contributed by atoms with van der Waals surface area (Å²) >= 11 is 0. The number of nitrogen functional groups attached to an aromatic ring is 1. The van der Waals surface area contributed by atoms with Crippen molar-refractivity contribution in [1.29, 1.82) is 0 Å². The van der Waals surface area contributed by atoms with E-state index in [4.69, 9.17) is 5.73 Å². The second kappa shape index (κ2) is 6.75. The zero-order valence-electron chi connectivity index (χ0n) is 12.2. The fourth-order valence-corrected chi connectivity index (χ4v) is 2.97. The summed E-state index contributed by atoms with van der Waals surface area (Å²) in [6.45, 7) is 8.94. The van der Waals surface area contributed by atoms with E-state index in [1.54, 1.807) is 6.20 Å². The van der Waals surface area contributed by atoms with E-state index in [0.29, 0.717) is 0 Å². The molecule has 4 heteroatoms. The van der Waals surface area contributed by atoms with E-state index in [2.05, 4.69) is 28.6 Å². The van der Waals surface area contributed by atoms with Crippen LogP contribution in [0.3, 0.4) is 0 Å². The van der Waals surface area contributed by atoms with Crippen molar-refractivity contribution in [2.45, 2.75) is 39.2 Å². The molecule has 1 fully saturated rings. The maximum atomic E-state index is 6.02. The number of hydrogen-bond acceptors (Lipinski definition) is 4. The van der Waals surface area contributed by atoms with Gasteiger partial charge < -0.3 is 10.6 Å². The summed E-state index contributed by atoms with van der Waals surface area (Å²) in [5.74, 6) is 0. The van der Waals surface area contributed by atoms with Crippen LogP contribution < -0.4 is 10.6 Å². The number of piperazine rings is 1. The lowest BCUT2D eigenvalue weighted by Crippen LogP contribution is -2.50. The van der Waals surface area contributed by atoms with Crippen LogP contribution in [0.4, 0.5) is 11.4 Å². The maximum absolute atomic E-state index is 6.02. The lowest BCUT2D eigenvalue weighted by Gasteiger charge is -2.40. The molecule has 4 nitrogen and oxygen atoms in total. The first kappa shape index (κ1) is 14.1. The van der Waals surface area contributed by atoms with Crippen LogP contribution in [-0.4, -0.2) is 42.1 Å². The van der Waals surface area contributed by atoms with Crippen molar-refractivity contribution in [3.05, 3.63) is 18.5 Å². The SMILES string of the molecule is CCCC(CC)N1CCN(c2cnccc2N)CC1. The van der Waals surface area contributed by atoms with Gasteiger partial charge in [0.2, 0.25) is 0 Å². The zero-order chi connectivity index (χ0) is 13.7. The molecule has 0 radical (unpaired) electrons. The molecular weight excluding hydrogens is 236 g/mol. The van der Waals surface area contributed by atoms with Crippen molar-refractivity contribution in [2.24, 2.45) is 0 Å². The third kappa shape index (κ3) is 3.38. The van der Waals surface area contributed by atoms with Gasteiger partial charge in [-0.05, 0) is 18.9 Å². The molecule has 1 aliphatic heterocycles. The van der Waals surface area contributed by atoms with Gasteiger partial charge in [-0.25, -0.2) is 0 Å². The molecule has 1 aromatic rings. The summed E-state index contributed by atoms with van der Waals surface area (Å²) in [6, 6.07) is 2.63. The molecule has 0 spiro atoms. The van der Waals surface area contributed by atoms with E-state index in [1.807, 2.05) is 12.3 Å². The number of pyridine rings is 1. The van der Waals surface area contributed by atoms with Gasteiger partial charge in [0.05, 0.1) is 17.6 Å². The average Bonchev–Trinajstić information content (AvgIpc) is 2.46. The predicted octanol–water partition coefficient (Wildman–Crippen LogP) is 2.36. The molecule has 0 bridgehead atoms. The van der Waals surface area contributed by atoms with Gasteiger partial charge in [0, 0.05) is 38.4 Å². The largest absolute Gasteiger partial charge is 0.397 e. The Morgan fingerprint density at radius 2 is 2.00 bits per heavy atom. The molecule has 0 amide bonds. The van der Waals surface area contributed by atoms with E-state index >= 15 is 0 Å². The van der Waals surface area contributed by atoms with Gasteiger partial charge in [-0.15, -0.1) is 0 Å². The van der Waals surface area contributed by atoms with E-state index < -0.39 is 0 Å². The minimum Gasteiger partial charge on any atom is -0.397 e. The van der Waals surface area contributed by atoms with E-state index in [-0.39, 0.29) is 0 Å². The molecule has 106 valence electrons. The first-order valence-electron chi connectivity index (χ1n) is 7.44. The topological polar surface area (TPSA) is 45.4 Å². The standard InChI is InChI=1S/C15H26N4/c1-3-5-13(4-2)18-8-10-19(11-9-18)15-12-17-7-6-14(15)16/h6-7,12-13H,3-5,8-11H2,1-2H3,(H2,16,17). The monoisotopic (exact) mass is 262 g/mol. The Bertz CT molecular complexity index is 385. The molecule has 1 unspecified atom stereocenters. The molecule has 1 saturated heterocycles.